The molecule has 1 amide bonds. The summed E-state index contributed by atoms with van der Waals surface area (Å²) in [5.41, 5.74) is 0.583. The lowest BCUT2D eigenvalue weighted by Gasteiger charge is -2.07. The van der Waals surface area contributed by atoms with Gasteiger partial charge in [-0.25, -0.2) is 8.78 Å². The van der Waals surface area contributed by atoms with Gasteiger partial charge in [-0.05, 0) is 37.5 Å². The molecule has 100 valence electrons. The summed E-state index contributed by atoms with van der Waals surface area (Å²) in [5, 5.41) is 11.6. The molecular formula is C13H17F2NO2. The van der Waals surface area contributed by atoms with Crippen LogP contribution >= 0.6 is 0 Å². The van der Waals surface area contributed by atoms with Gasteiger partial charge in [0, 0.05) is 13.0 Å². The van der Waals surface area contributed by atoms with E-state index in [2.05, 4.69) is 5.32 Å². The van der Waals surface area contributed by atoms with Gasteiger partial charge in [0.1, 0.15) is 0 Å². The molecule has 0 aliphatic heterocycles. The maximum atomic E-state index is 12.9. The molecular weight excluding hydrogens is 240 g/mol. The van der Waals surface area contributed by atoms with Gasteiger partial charge in [-0.2, -0.15) is 0 Å². The van der Waals surface area contributed by atoms with Crippen LogP contribution in [0.4, 0.5) is 8.78 Å². The Morgan fingerprint density at radius 3 is 2.72 bits per heavy atom. The van der Waals surface area contributed by atoms with Crippen molar-refractivity contribution in [3.63, 3.8) is 0 Å². The molecule has 1 unspecified atom stereocenters. The second-order valence-electron chi connectivity index (χ2n) is 4.24. The number of aryl methyl sites for hydroxylation is 1. The first-order valence-corrected chi connectivity index (χ1v) is 5.87. The van der Waals surface area contributed by atoms with Crippen LogP contribution in [-0.2, 0) is 11.2 Å². The monoisotopic (exact) mass is 257 g/mol. The van der Waals surface area contributed by atoms with E-state index in [1.54, 1.807) is 6.92 Å². The van der Waals surface area contributed by atoms with Crippen molar-refractivity contribution in [1.82, 2.24) is 5.32 Å². The summed E-state index contributed by atoms with van der Waals surface area (Å²) in [4.78, 5) is 11.4. The number of hydrogen-bond donors (Lipinski definition) is 2. The van der Waals surface area contributed by atoms with Crippen LogP contribution in [-0.4, -0.2) is 23.7 Å². The Kier molecular flexibility index (Phi) is 5.71. The Bertz CT molecular complexity index is 408. The van der Waals surface area contributed by atoms with Crippen molar-refractivity contribution in [2.45, 2.75) is 32.3 Å². The maximum absolute atomic E-state index is 12.9. The fourth-order valence-electron chi connectivity index (χ4n) is 1.46. The maximum Gasteiger partial charge on any atom is 0.220 e. The molecule has 0 aromatic heterocycles. The zero-order valence-electron chi connectivity index (χ0n) is 10.2. The molecule has 0 saturated heterocycles. The summed E-state index contributed by atoms with van der Waals surface area (Å²) in [5.74, 6) is -1.96. The molecule has 18 heavy (non-hydrogen) atoms. The predicted molar refractivity (Wildman–Crippen MR) is 64.0 cm³/mol. The average molecular weight is 257 g/mol. The van der Waals surface area contributed by atoms with Crippen molar-refractivity contribution in [2.24, 2.45) is 0 Å². The third kappa shape index (κ3) is 5.23. The SMILES string of the molecule is CC(O)CCNC(=O)CCc1ccc(F)c(F)c1. The van der Waals surface area contributed by atoms with Crippen LogP contribution in [0.3, 0.4) is 0 Å². The highest BCUT2D eigenvalue weighted by Gasteiger charge is 2.06. The predicted octanol–water partition coefficient (Wildman–Crippen LogP) is 1.78. The first-order chi connectivity index (χ1) is 8.49. The molecule has 1 rings (SSSR count). The van der Waals surface area contributed by atoms with Gasteiger partial charge < -0.3 is 10.4 Å². The molecule has 0 spiro atoms. The van der Waals surface area contributed by atoms with E-state index in [-0.39, 0.29) is 12.3 Å². The first-order valence-electron chi connectivity index (χ1n) is 5.87. The van der Waals surface area contributed by atoms with Crippen LogP contribution in [0, 0.1) is 11.6 Å². The fraction of sp³-hybridized carbons (Fsp3) is 0.462. The van der Waals surface area contributed by atoms with Crippen molar-refractivity contribution in [2.75, 3.05) is 6.54 Å². The molecule has 0 fully saturated rings. The molecule has 0 bridgehead atoms. The highest BCUT2D eigenvalue weighted by atomic mass is 19.2. The molecule has 1 aromatic carbocycles. The Labute approximate surface area is 105 Å². The van der Waals surface area contributed by atoms with Crippen LogP contribution in [0.2, 0.25) is 0 Å². The van der Waals surface area contributed by atoms with Crippen molar-refractivity contribution < 1.29 is 18.7 Å². The Balaban J connectivity index is 2.31. The summed E-state index contributed by atoms with van der Waals surface area (Å²) in [6.45, 7) is 2.06. The molecule has 3 nitrogen and oxygen atoms in total. The van der Waals surface area contributed by atoms with Gasteiger partial charge in [0.2, 0.25) is 5.91 Å². The van der Waals surface area contributed by atoms with Gasteiger partial charge >= 0.3 is 0 Å². The molecule has 0 saturated carbocycles. The number of rotatable bonds is 6. The van der Waals surface area contributed by atoms with Gasteiger partial charge in [0.15, 0.2) is 11.6 Å². The molecule has 0 aliphatic rings. The third-order valence-electron chi connectivity index (χ3n) is 2.51. The summed E-state index contributed by atoms with van der Waals surface area (Å²) in [7, 11) is 0. The lowest BCUT2D eigenvalue weighted by atomic mass is 10.1. The van der Waals surface area contributed by atoms with E-state index in [0.717, 1.165) is 12.1 Å². The Morgan fingerprint density at radius 1 is 1.39 bits per heavy atom. The van der Waals surface area contributed by atoms with E-state index in [1.807, 2.05) is 0 Å². The number of benzene rings is 1. The number of halogens is 2. The lowest BCUT2D eigenvalue weighted by molar-refractivity contribution is -0.121. The zero-order chi connectivity index (χ0) is 13.5. The molecule has 0 radical (unpaired) electrons. The van der Waals surface area contributed by atoms with Crippen LogP contribution in [0.15, 0.2) is 18.2 Å². The summed E-state index contributed by atoms with van der Waals surface area (Å²) in [6.07, 6.45) is 0.621. The summed E-state index contributed by atoms with van der Waals surface area (Å²) >= 11 is 0. The van der Waals surface area contributed by atoms with Crippen molar-refractivity contribution in [3.05, 3.63) is 35.4 Å². The van der Waals surface area contributed by atoms with Crippen molar-refractivity contribution in [1.29, 1.82) is 0 Å². The zero-order valence-corrected chi connectivity index (χ0v) is 10.2. The molecule has 1 atom stereocenters. The summed E-state index contributed by atoms with van der Waals surface area (Å²) < 4.78 is 25.6. The second-order valence-corrected chi connectivity index (χ2v) is 4.24. The standard InChI is InChI=1S/C13H17F2NO2/c1-9(17)6-7-16-13(18)5-3-10-2-4-11(14)12(15)8-10/h2,4,8-9,17H,3,5-7H2,1H3,(H,16,18). The molecule has 5 heteroatoms. The molecule has 1 aromatic rings. The van der Waals surface area contributed by atoms with Gasteiger partial charge in [-0.3, -0.25) is 4.79 Å². The smallest absolute Gasteiger partial charge is 0.220 e. The van der Waals surface area contributed by atoms with E-state index in [0.29, 0.717) is 24.9 Å². The number of nitrogens with one attached hydrogen (secondary N) is 1. The van der Waals surface area contributed by atoms with Crippen LogP contribution in [0.25, 0.3) is 0 Å². The van der Waals surface area contributed by atoms with Gasteiger partial charge in [0.05, 0.1) is 6.10 Å². The van der Waals surface area contributed by atoms with E-state index >= 15 is 0 Å². The second kappa shape index (κ2) is 7.06. The minimum atomic E-state index is -0.901. The number of aliphatic hydroxyl groups is 1. The third-order valence-corrected chi connectivity index (χ3v) is 2.51. The Morgan fingerprint density at radius 2 is 2.11 bits per heavy atom. The highest BCUT2D eigenvalue weighted by Crippen LogP contribution is 2.10. The number of aliphatic hydroxyl groups excluding tert-OH is 1. The van der Waals surface area contributed by atoms with Crippen LogP contribution in [0.1, 0.15) is 25.3 Å². The molecule has 2 N–H and O–H groups in total. The number of hydrogen-bond acceptors (Lipinski definition) is 2. The van der Waals surface area contributed by atoms with Gasteiger partial charge in [-0.1, -0.05) is 6.07 Å². The number of carbonyl (C=O) groups is 1. The summed E-state index contributed by atoms with van der Waals surface area (Å²) in [6, 6.07) is 3.61. The van der Waals surface area contributed by atoms with Crippen LogP contribution in [0.5, 0.6) is 0 Å². The van der Waals surface area contributed by atoms with Gasteiger partial charge in [0.25, 0.3) is 0 Å². The molecule has 0 aliphatic carbocycles. The first kappa shape index (κ1) is 14.6. The average Bonchev–Trinajstić information content (AvgIpc) is 2.30. The molecule has 0 heterocycles. The fourth-order valence-corrected chi connectivity index (χ4v) is 1.46. The van der Waals surface area contributed by atoms with E-state index in [9.17, 15) is 13.6 Å². The topological polar surface area (TPSA) is 49.3 Å². The minimum Gasteiger partial charge on any atom is -0.393 e. The number of amides is 1. The Hall–Kier alpha value is -1.49. The highest BCUT2D eigenvalue weighted by molar-refractivity contribution is 5.76. The van der Waals surface area contributed by atoms with Gasteiger partial charge in [-0.15, -0.1) is 0 Å². The quantitative estimate of drug-likeness (QED) is 0.816. The van der Waals surface area contributed by atoms with E-state index < -0.39 is 17.7 Å². The van der Waals surface area contributed by atoms with Crippen LogP contribution < -0.4 is 5.32 Å². The van der Waals surface area contributed by atoms with E-state index in [1.165, 1.54) is 6.07 Å². The normalized spacial score (nSPS) is 12.2. The van der Waals surface area contributed by atoms with E-state index in [4.69, 9.17) is 5.11 Å². The lowest BCUT2D eigenvalue weighted by Crippen LogP contribution is -2.26. The van der Waals surface area contributed by atoms with Crippen molar-refractivity contribution in [3.8, 4) is 0 Å². The largest absolute Gasteiger partial charge is 0.393 e. The minimum absolute atomic E-state index is 0.166. The van der Waals surface area contributed by atoms with Crippen molar-refractivity contribution >= 4 is 5.91 Å². The number of carbonyl (C=O) groups excluding carboxylic acids is 1.